The van der Waals surface area contributed by atoms with E-state index in [2.05, 4.69) is 40.1 Å². The average Bonchev–Trinajstić information content (AvgIpc) is 3.11. The van der Waals surface area contributed by atoms with Gasteiger partial charge in [0.2, 0.25) is 5.91 Å². The van der Waals surface area contributed by atoms with E-state index in [-0.39, 0.29) is 17.4 Å². The third-order valence-electron chi connectivity index (χ3n) is 7.72. The van der Waals surface area contributed by atoms with Crippen molar-refractivity contribution in [2.45, 2.75) is 69.7 Å². The number of hydrogen-bond acceptors (Lipinski definition) is 4. The van der Waals surface area contributed by atoms with Gasteiger partial charge in [0.25, 0.3) is 5.56 Å². The Balaban J connectivity index is 1.22. The summed E-state index contributed by atoms with van der Waals surface area (Å²) in [6.45, 7) is 4.72. The maximum absolute atomic E-state index is 13.2. The average molecular weight is 449 g/mol. The number of fused-ring (bicyclic) bond motifs is 1. The van der Waals surface area contributed by atoms with E-state index in [4.69, 9.17) is 4.98 Å². The van der Waals surface area contributed by atoms with E-state index in [1.165, 1.54) is 12.0 Å². The molecule has 2 aromatic rings. The first kappa shape index (κ1) is 22.3. The molecule has 2 atom stereocenters. The van der Waals surface area contributed by atoms with Crippen molar-refractivity contribution in [1.29, 1.82) is 0 Å². The highest BCUT2D eigenvalue weighted by Gasteiger charge is 2.29. The summed E-state index contributed by atoms with van der Waals surface area (Å²) in [6, 6.07) is 12.4. The molecule has 0 aliphatic carbocycles. The van der Waals surface area contributed by atoms with Crippen LogP contribution in [0, 0.1) is 0 Å². The Morgan fingerprint density at radius 2 is 1.73 bits per heavy atom. The largest absolute Gasteiger partial charge is 0.341 e. The summed E-state index contributed by atoms with van der Waals surface area (Å²) in [5.41, 5.74) is 2.38. The Labute approximate surface area is 196 Å². The first-order valence-corrected chi connectivity index (χ1v) is 12.8. The number of benzene rings is 1. The first-order valence-electron chi connectivity index (χ1n) is 12.8. The van der Waals surface area contributed by atoms with Crippen LogP contribution in [0.2, 0.25) is 0 Å². The molecular formula is C27H36N4O2. The molecular weight excluding hydrogens is 412 g/mol. The van der Waals surface area contributed by atoms with E-state index in [1.54, 1.807) is 6.07 Å². The van der Waals surface area contributed by atoms with E-state index in [0.717, 1.165) is 89.2 Å². The molecule has 176 valence electrons. The van der Waals surface area contributed by atoms with Crippen LogP contribution in [0.15, 0.2) is 41.2 Å². The fraction of sp³-hybridized carbons (Fsp3) is 0.593. The highest BCUT2D eigenvalue weighted by atomic mass is 16.2. The van der Waals surface area contributed by atoms with Gasteiger partial charge in [-0.1, -0.05) is 36.8 Å². The summed E-state index contributed by atoms with van der Waals surface area (Å²) < 4.78 is 1.88. The van der Waals surface area contributed by atoms with Crippen LogP contribution in [0.5, 0.6) is 0 Å². The Bertz CT molecular complexity index is 1020. The Kier molecular flexibility index (Phi) is 6.91. The molecule has 0 radical (unpaired) electrons. The number of carbonyl (C=O) groups excluding carboxylic acids is 1. The van der Waals surface area contributed by atoms with Gasteiger partial charge in [0.15, 0.2) is 0 Å². The van der Waals surface area contributed by atoms with Crippen LogP contribution in [0.3, 0.4) is 0 Å². The molecule has 3 aliphatic rings. The molecule has 33 heavy (non-hydrogen) atoms. The second kappa shape index (κ2) is 10.2. The van der Waals surface area contributed by atoms with Crippen LogP contribution in [0.25, 0.3) is 0 Å². The topological polar surface area (TPSA) is 58.4 Å². The first-order chi connectivity index (χ1) is 16.2. The molecule has 1 aromatic heterocycles. The number of aryl methyl sites for hydroxylation is 1. The summed E-state index contributed by atoms with van der Waals surface area (Å²) in [6.07, 6.45) is 8.55. The minimum atomic E-state index is 0.102. The van der Waals surface area contributed by atoms with Crippen LogP contribution >= 0.6 is 0 Å². The second-order valence-corrected chi connectivity index (χ2v) is 10.1. The third kappa shape index (κ3) is 5.21. The van der Waals surface area contributed by atoms with E-state index >= 15 is 0 Å². The lowest BCUT2D eigenvalue weighted by molar-refractivity contribution is -0.134. The number of likely N-dealkylation sites (tertiary alicyclic amines) is 2. The molecule has 1 amide bonds. The normalized spacial score (nSPS) is 24.2. The van der Waals surface area contributed by atoms with Crippen molar-refractivity contribution in [3.63, 3.8) is 0 Å². The number of hydrogen-bond donors (Lipinski definition) is 0. The zero-order valence-electron chi connectivity index (χ0n) is 19.6. The van der Waals surface area contributed by atoms with Gasteiger partial charge in [0.1, 0.15) is 5.82 Å². The van der Waals surface area contributed by atoms with Gasteiger partial charge in [0.05, 0.1) is 12.2 Å². The lowest BCUT2D eigenvalue weighted by atomic mass is 9.90. The zero-order chi connectivity index (χ0) is 22.6. The fourth-order valence-corrected chi connectivity index (χ4v) is 5.88. The van der Waals surface area contributed by atoms with Crippen LogP contribution in [0.4, 0.5) is 0 Å². The summed E-state index contributed by atoms with van der Waals surface area (Å²) in [7, 11) is 0. The molecule has 0 unspecified atom stereocenters. The molecule has 0 N–H and O–H groups in total. The number of nitrogens with zero attached hydrogens (tertiary/aromatic N) is 4. The van der Waals surface area contributed by atoms with Gasteiger partial charge < -0.3 is 4.90 Å². The van der Waals surface area contributed by atoms with E-state index in [9.17, 15) is 9.59 Å². The molecule has 5 rings (SSSR count). The Hall–Kier alpha value is -2.47. The molecule has 4 heterocycles. The third-order valence-corrected chi connectivity index (χ3v) is 7.72. The maximum Gasteiger partial charge on any atom is 0.253 e. The minimum Gasteiger partial charge on any atom is -0.341 e. The molecule has 0 bridgehead atoms. The second-order valence-electron chi connectivity index (χ2n) is 10.1. The SMILES string of the molecule is O=C(CN1CCC[C@@H](c2cc(=O)n3c(n2)CCCCC3)C1)N1CCC[C@@H](c2ccccc2)C1. The molecule has 2 fully saturated rings. The molecule has 0 spiro atoms. The van der Waals surface area contributed by atoms with Gasteiger partial charge in [-0.05, 0) is 50.6 Å². The predicted molar refractivity (Wildman–Crippen MR) is 129 cm³/mol. The van der Waals surface area contributed by atoms with Gasteiger partial charge in [-0.15, -0.1) is 0 Å². The highest BCUT2D eigenvalue weighted by molar-refractivity contribution is 5.78. The molecule has 1 aromatic carbocycles. The quantitative estimate of drug-likeness (QED) is 0.718. The van der Waals surface area contributed by atoms with Gasteiger partial charge in [0, 0.05) is 50.5 Å². The Morgan fingerprint density at radius 1 is 0.909 bits per heavy atom. The van der Waals surface area contributed by atoms with E-state index in [0.29, 0.717) is 12.5 Å². The molecule has 2 saturated heterocycles. The Morgan fingerprint density at radius 3 is 2.61 bits per heavy atom. The lowest BCUT2D eigenvalue weighted by Crippen LogP contribution is -2.46. The summed E-state index contributed by atoms with van der Waals surface area (Å²) >= 11 is 0. The lowest BCUT2D eigenvalue weighted by Gasteiger charge is -2.36. The summed E-state index contributed by atoms with van der Waals surface area (Å²) in [5, 5.41) is 0. The van der Waals surface area contributed by atoms with Crippen molar-refractivity contribution in [3.8, 4) is 0 Å². The fourth-order valence-electron chi connectivity index (χ4n) is 5.88. The molecule has 0 saturated carbocycles. The smallest absolute Gasteiger partial charge is 0.253 e. The summed E-state index contributed by atoms with van der Waals surface area (Å²) in [5.74, 6) is 1.89. The van der Waals surface area contributed by atoms with Crippen molar-refractivity contribution in [1.82, 2.24) is 19.4 Å². The van der Waals surface area contributed by atoms with Gasteiger partial charge >= 0.3 is 0 Å². The summed E-state index contributed by atoms with van der Waals surface area (Å²) in [4.78, 5) is 35.2. The van der Waals surface area contributed by atoms with Crippen molar-refractivity contribution in [2.75, 3.05) is 32.7 Å². The molecule has 6 heteroatoms. The van der Waals surface area contributed by atoms with Crippen LogP contribution in [-0.4, -0.2) is 58.0 Å². The number of amides is 1. The monoisotopic (exact) mass is 448 g/mol. The zero-order valence-corrected chi connectivity index (χ0v) is 19.6. The van der Waals surface area contributed by atoms with Gasteiger partial charge in [-0.25, -0.2) is 4.98 Å². The van der Waals surface area contributed by atoms with E-state index in [1.807, 2.05) is 4.57 Å². The number of aromatic nitrogens is 2. The minimum absolute atomic E-state index is 0.102. The molecule has 3 aliphatic heterocycles. The predicted octanol–water partition coefficient (Wildman–Crippen LogP) is 3.56. The maximum atomic E-state index is 13.2. The van der Waals surface area contributed by atoms with Gasteiger partial charge in [-0.3, -0.25) is 19.1 Å². The number of rotatable bonds is 4. The van der Waals surface area contributed by atoms with Crippen molar-refractivity contribution in [3.05, 3.63) is 63.8 Å². The van der Waals surface area contributed by atoms with E-state index < -0.39 is 0 Å². The van der Waals surface area contributed by atoms with Crippen molar-refractivity contribution in [2.24, 2.45) is 0 Å². The standard InChI is InChI=1S/C27H36N4O2/c32-26-17-24(28-25-13-5-2-6-16-31(25)26)23-12-7-14-29(18-23)20-27(33)30-15-8-11-22(19-30)21-9-3-1-4-10-21/h1,3-4,9-10,17,22-23H,2,5-8,11-16,18-20H2/t22-,23-/m1/s1. The van der Waals surface area contributed by atoms with Crippen molar-refractivity contribution >= 4 is 5.91 Å². The number of piperidine rings is 2. The van der Waals surface area contributed by atoms with Crippen molar-refractivity contribution < 1.29 is 4.79 Å². The number of carbonyl (C=O) groups is 1. The van der Waals surface area contributed by atoms with Crippen LogP contribution < -0.4 is 5.56 Å². The van der Waals surface area contributed by atoms with Gasteiger partial charge in [-0.2, -0.15) is 0 Å². The van der Waals surface area contributed by atoms with Crippen LogP contribution in [0.1, 0.15) is 73.9 Å². The molecule has 6 nitrogen and oxygen atoms in total. The van der Waals surface area contributed by atoms with Crippen LogP contribution in [-0.2, 0) is 17.8 Å². The highest BCUT2D eigenvalue weighted by Crippen LogP contribution is 2.28.